The molecule has 2 aromatic rings. The zero-order valence-electron chi connectivity index (χ0n) is 8.79. The zero-order chi connectivity index (χ0) is 10.8. The van der Waals surface area contributed by atoms with Crippen molar-refractivity contribution >= 4 is 0 Å². The Morgan fingerprint density at radius 2 is 2.27 bits per heavy atom. The molecule has 2 aromatic heterocycles. The van der Waals surface area contributed by atoms with Crippen LogP contribution in [0.3, 0.4) is 0 Å². The molecule has 0 radical (unpaired) electrons. The molecule has 1 unspecified atom stereocenters. The van der Waals surface area contributed by atoms with Gasteiger partial charge < -0.3 is 9.52 Å². The minimum Gasteiger partial charge on any atom is -0.466 e. The van der Waals surface area contributed by atoms with Crippen LogP contribution in [0.5, 0.6) is 0 Å². The van der Waals surface area contributed by atoms with Crippen molar-refractivity contribution < 1.29 is 9.52 Å². The molecule has 80 valence electrons. The van der Waals surface area contributed by atoms with Crippen molar-refractivity contribution in [3.05, 3.63) is 42.1 Å². The minimum absolute atomic E-state index is 0.294. The molecule has 0 aliphatic rings. The van der Waals surface area contributed by atoms with E-state index in [9.17, 15) is 5.11 Å². The fourth-order valence-corrected chi connectivity index (χ4v) is 1.39. The van der Waals surface area contributed by atoms with Gasteiger partial charge in [0.1, 0.15) is 11.9 Å². The summed E-state index contributed by atoms with van der Waals surface area (Å²) in [4.78, 5) is 0. The van der Waals surface area contributed by atoms with E-state index < -0.39 is 6.10 Å². The molecule has 15 heavy (non-hydrogen) atoms. The Morgan fingerprint density at radius 1 is 1.47 bits per heavy atom. The van der Waals surface area contributed by atoms with E-state index in [1.54, 1.807) is 24.6 Å². The Bertz CT molecular complexity index is 417. The van der Waals surface area contributed by atoms with Gasteiger partial charge in [-0.2, -0.15) is 5.10 Å². The maximum atomic E-state index is 9.93. The first kappa shape index (κ1) is 9.98. The quantitative estimate of drug-likeness (QED) is 0.837. The second-order valence-electron chi connectivity index (χ2n) is 3.77. The number of nitrogens with zero attached hydrogens (tertiary/aromatic N) is 2. The highest BCUT2D eigenvalue weighted by atomic mass is 16.4. The van der Waals surface area contributed by atoms with Crippen LogP contribution >= 0.6 is 0 Å². The smallest absolute Gasteiger partial charge is 0.140 e. The van der Waals surface area contributed by atoms with Crippen LogP contribution in [-0.4, -0.2) is 14.9 Å². The number of aliphatic hydroxyl groups is 1. The van der Waals surface area contributed by atoms with Crippen molar-refractivity contribution in [3.63, 3.8) is 0 Å². The van der Waals surface area contributed by atoms with E-state index >= 15 is 0 Å². The molecular formula is C11H14N2O2. The topological polar surface area (TPSA) is 51.2 Å². The van der Waals surface area contributed by atoms with E-state index in [1.807, 2.05) is 24.7 Å². The fourth-order valence-electron chi connectivity index (χ4n) is 1.39. The molecule has 4 heteroatoms. The molecule has 0 aromatic carbocycles. The molecule has 0 spiro atoms. The van der Waals surface area contributed by atoms with Crippen molar-refractivity contribution in [2.45, 2.75) is 26.0 Å². The molecule has 0 aliphatic heterocycles. The normalized spacial score (nSPS) is 13.3. The molecule has 0 fully saturated rings. The lowest BCUT2D eigenvalue weighted by molar-refractivity contribution is 0.189. The average molecular weight is 206 g/mol. The summed E-state index contributed by atoms with van der Waals surface area (Å²) in [7, 11) is 0. The number of rotatable bonds is 3. The van der Waals surface area contributed by atoms with Gasteiger partial charge in [0, 0.05) is 17.8 Å². The highest BCUT2D eigenvalue weighted by Crippen LogP contribution is 2.22. The van der Waals surface area contributed by atoms with Crippen LogP contribution in [0.25, 0.3) is 0 Å². The van der Waals surface area contributed by atoms with Crippen molar-refractivity contribution in [1.29, 1.82) is 0 Å². The van der Waals surface area contributed by atoms with Crippen molar-refractivity contribution in [3.8, 4) is 0 Å². The monoisotopic (exact) mass is 206 g/mol. The summed E-state index contributed by atoms with van der Waals surface area (Å²) in [6.45, 7) is 4.08. The third-order valence-electron chi connectivity index (χ3n) is 2.28. The van der Waals surface area contributed by atoms with Gasteiger partial charge in [0.25, 0.3) is 0 Å². The van der Waals surface area contributed by atoms with Crippen LogP contribution in [0.4, 0.5) is 0 Å². The van der Waals surface area contributed by atoms with Crippen molar-refractivity contribution in [2.24, 2.45) is 0 Å². The van der Waals surface area contributed by atoms with Crippen molar-refractivity contribution in [1.82, 2.24) is 9.78 Å². The molecule has 1 N–H and O–H groups in total. The van der Waals surface area contributed by atoms with Crippen LogP contribution in [0.2, 0.25) is 0 Å². The highest BCUT2D eigenvalue weighted by molar-refractivity contribution is 5.19. The summed E-state index contributed by atoms with van der Waals surface area (Å²) < 4.78 is 6.94. The maximum absolute atomic E-state index is 9.93. The lowest BCUT2D eigenvalue weighted by atomic mass is 10.1. The summed E-state index contributed by atoms with van der Waals surface area (Å²) >= 11 is 0. The summed E-state index contributed by atoms with van der Waals surface area (Å²) in [5, 5.41) is 14.1. The number of hydrogen-bond acceptors (Lipinski definition) is 3. The predicted molar refractivity (Wildman–Crippen MR) is 55.4 cm³/mol. The summed E-state index contributed by atoms with van der Waals surface area (Å²) in [6, 6.07) is 3.80. The first-order valence-electron chi connectivity index (χ1n) is 4.94. The van der Waals surface area contributed by atoms with Crippen LogP contribution in [0.1, 0.15) is 37.3 Å². The molecule has 1 atom stereocenters. The number of hydrogen-bond donors (Lipinski definition) is 1. The van der Waals surface area contributed by atoms with E-state index in [0.29, 0.717) is 11.8 Å². The van der Waals surface area contributed by atoms with Crippen LogP contribution in [0.15, 0.2) is 35.2 Å². The van der Waals surface area contributed by atoms with Crippen molar-refractivity contribution in [2.75, 3.05) is 0 Å². The Morgan fingerprint density at radius 3 is 2.80 bits per heavy atom. The van der Waals surface area contributed by atoms with Gasteiger partial charge in [-0.25, -0.2) is 0 Å². The molecule has 0 amide bonds. The molecule has 0 bridgehead atoms. The lowest BCUT2D eigenvalue weighted by Gasteiger charge is -2.05. The van der Waals surface area contributed by atoms with Gasteiger partial charge in [-0.3, -0.25) is 4.68 Å². The zero-order valence-corrected chi connectivity index (χ0v) is 8.79. The Kier molecular flexibility index (Phi) is 2.60. The lowest BCUT2D eigenvalue weighted by Crippen LogP contribution is -2.01. The first-order valence-corrected chi connectivity index (χ1v) is 4.94. The Hall–Kier alpha value is -1.55. The van der Waals surface area contributed by atoms with Crippen LogP contribution in [-0.2, 0) is 0 Å². The standard InChI is InChI=1S/C11H14N2O2/c1-8(2)13-7-9(6-12-13)11(14)10-4-3-5-15-10/h3-8,11,14H,1-2H3. The largest absolute Gasteiger partial charge is 0.466 e. The van der Waals surface area contributed by atoms with Gasteiger partial charge in [0.15, 0.2) is 0 Å². The molecule has 2 heterocycles. The van der Waals surface area contributed by atoms with Gasteiger partial charge in [-0.15, -0.1) is 0 Å². The number of furan rings is 1. The van der Waals surface area contributed by atoms with Crippen LogP contribution < -0.4 is 0 Å². The van der Waals surface area contributed by atoms with Gasteiger partial charge in [-0.1, -0.05) is 0 Å². The number of aromatic nitrogens is 2. The van der Waals surface area contributed by atoms with Gasteiger partial charge in [0.05, 0.1) is 12.5 Å². The summed E-state index contributed by atoms with van der Waals surface area (Å²) in [5.74, 6) is 0.540. The predicted octanol–water partition coefficient (Wildman–Crippen LogP) is 2.14. The molecule has 0 aliphatic carbocycles. The fraction of sp³-hybridized carbons (Fsp3) is 0.364. The highest BCUT2D eigenvalue weighted by Gasteiger charge is 2.15. The Labute approximate surface area is 88.1 Å². The summed E-state index contributed by atoms with van der Waals surface area (Å²) in [5.41, 5.74) is 0.749. The van der Waals surface area contributed by atoms with Crippen LogP contribution in [0, 0.1) is 0 Å². The molecule has 0 saturated heterocycles. The van der Waals surface area contributed by atoms with Gasteiger partial charge in [0.2, 0.25) is 0 Å². The SMILES string of the molecule is CC(C)n1cc(C(O)c2ccco2)cn1. The van der Waals surface area contributed by atoms with E-state index in [1.165, 1.54) is 0 Å². The molecule has 4 nitrogen and oxygen atoms in total. The number of aliphatic hydroxyl groups excluding tert-OH is 1. The van der Waals surface area contributed by atoms with E-state index in [2.05, 4.69) is 5.10 Å². The molecule has 2 rings (SSSR count). The Balaban J connectivity index is 2.23. The van der Waals surface area contributed by atoms with E-state index in [0.717, 1.165) is 5.56 Å². The molecule has 0 saturated carbocycles. The minimum atomic E-state index is -0.729. The van der Waals surface area contributed by atoms with E-state index in [4.69, 9.17) is 4.42 Å². The second-order valence-corrected chi connectivity index (χ2v) is 3.77. The third-order valence-corrected chi connectivity index (χ3v) is 2.28. The molecular weight excluding hydrogens is 192 g/mol. The van der Waals surface area contributed by atoms with E-state index in [-0.39, 0.29) is 0 Å². The summed E-state index contributed by atoms with van der Waals surface area (Å²) in [6.07, 6.45) is 4.31. The van der Waals surface area contributed by atoms with Gasteiger partial charge >= 0.3 is 0 Å². The second kappa shape index (κ2) is 3.90. The first-order chi connectivity index (χ1) is 7.18. The maximum Gasteiger partial charge on any atom is 0.140 e. The third kappa shape index (κ3) is 1.94. The van der Waals surface area contributed by atoms with Gasteiger partial charge in [-0.05, 0) is 26.0 Å². The average Bonchev–Trinajstić information content (AvgIpc) is 2.88.